The number of aromatic nitrogens is 1. The number of ether oxygens (including phenoxy) is 1. The van der Waals surface area contributed by atoms with Crippen LogP contribution in [0.3, 0.4) is 0 Å². The Morgan fingerprint density at radius 1 is 1.26 bits per heavy atom. The van der Waals surface area contributed by atoms with Gasteiger partial charge in [-0.2, -0.15) is 0 Å². The summed E-state index contributed by atoms with van der Waals surface area (Å²) in [6, 6.07) is 6.13. The number of benzene rings is 1. The number of carboxylic acid groups (broad SMARTS) is 1. The summed E-state index contributed by atoms with van der Waals surface area (Å²) in [7, 11) is 2.91. The van der Waals surface area contributed by atoms with Crippen molar-refractivity contribution in [3.05, 3.63) is 57.5 Å². The van der Waals surface area contributed by atoms with Crippen LogP contribution in [0.4, 0.5) is 0 Å². The third-order valence-corrected chi connectivity index (χ3v) is 3.45. The normalized spacial score (nSPS) is 10.2. The van der Waals surface area contributed by atoms with Crippen molar-refractivity contribution in [1.82, 2.24) is 9.88 Å². The lowest BCUT2D eigenvalue weighted by Gasteiger charge is -2.12. The molecule has 0 saturated heterocycles. The first kappa shape index (κ1) is 16.3. The molecule has 0 radical (unpaired) electrons. The van der Waals surface area contributed by atoms with Crippen LogP contribution < -0.4 is 15.6 Å². The van der Waals surface area contributed by atoms with Gasteiger partial charge in [-0.05, 0) is 36.8 Å². The lowest BCUT2D eigenvalue weighted by Crippen LogP contribution is -2.26. The van der Waals surface area contributed by atoms with E-state index in [-0.39, 0.29) is 17.0 Å². The molecular weight excluding hydrogens is 300 g/mol. The zero-order chi connectivity index (χ0) is 17.1. The molecule has 0 saturated carbocycles. The van der Waals surface area contributed by atoms with Crippen LogP contribution in [0.15, 0.2) is 35.3 Å². The fourth-order valence-electron chi connectivity index (χ4n) is 2.25. The van der Waals surface area contributed by atoms with Crippen LogP contribution in [0, 0.1) is 6.92 Å². The first-order chi connectivity index (χ1) is 10.9. The Bertz CT molecular complexity index is 839. The van der Waals surface area contributed by atoms with E-state index < -0.39 is 11.5 Å². The number of pyridine rings is 1. The monoisotopic (exact) mass is 316 g/mol. The Morgan fingerprint density at radius 2 is 1.96 bits per heavy atom. The number of carbonyl (C=O) groups excluding carboxylic acids is 1. The number of nitrogens with zero attached hydrogens (tertiary/aromatic N) is 1. The molecular formula is C16H16N2O5. The Kier molecular flexibility index (Phi) is 4.49. The van der Waals surface area contributed by atoms with Crippen LogP contribution in [0.25, 0.3) is 5.69 Å². The highest BCUT2D eigenvalue weighted by atomic mass is 16.5. The molecule has 0 fully saturated rings. The van der Waals surface area contributed by atoms with Crippen LogP contribution in [0.1, 0.15) is 26.3 Å². The van der Waals surface area contributed by atoms with Gasteiger partial charge >= 0.3 is 5.97 Å². The Hall–Kier alpha value is -3.09. The van der Waals surface area contributed by atoms with Gasteiger partial charge in [0, 0.05) is 18.9 Å². The highest BCUT2D eigenvalue weighted by molar-refractivity contribution is 5.97. The maximum Gasteiger partial charge on any atom is 0.341 e. The van der Waals surface area contributed by atoms with Crippen LogP contribution in [-0.2, 0) is 0 Å². The molecule has 7 heteroatoms. The number of carbonyl (C=O) groups is 2. The van der Waals surface area contributed by atoms with Crippen molar-refractivity contribution in [1.29, 1.82) is 0 Å². The van der Waals surface area contributed by atoms with E-state index in [0.29, 0.717) is 17.0 Å². The number of aromatic carboxylic acids is 1. The molecule has 0 aliphatic rings. The highest BCUT2D eigenvalue weighted by Gasteiger charge is 2.17. The average molecular weight is 316 g/mol. The van der Waals surface area contributed by atoms with E-state index in [2.05, 4.69) is 5.32 Å². The zero-order valence-corrected chi connectivity index (χ0v) is 12.9. The summed E-state index contributed by atoms with van der Waals surface area (Å²) >= 11 is 0. The lowest BCUT2D eigenvalue weighted by molar-refractivity contribution is 0.0693. The first-order valence-corrected chi connectivity index (χ1v) is 6.76. The number of carboxylic acids is 1. The van der Waals surface area contributed by atoms with Gasteiger partial charge in [0.05, 0.1) is 12.7 Å². The molecule has 2 rings (SSSR count). The molecule has 1 amide bonds. The van der Waals surface area contributed by atoms with Crippen LogP contribution in [-0.4, -0.2) is 35.7 Å². The molecule has 0 aliphatic carbocycles. The van der Waals surface area contributed by atoms with Crippen molar-refractivity contribution < 1.29 is 19.4 Å². The van der Waals surface area contributed by atoms with Gasteiger partial charge in [0.25, 0.3) is 11.5 Å². The minimum absolute atomic E-state index is 0.247. The summed E-state index contributed by atoms with van der Waals surface area (Å²) in [5.41, 5.74) is 0.0304. The fourth-order valence-corrected chi connectivity index (χ4v) is 2.25. The molecule has 0 spiro atoms. The van der Waals surface area contributed by atoms with Crippen molar-refractivity contribution in [3.63, 3.8) is 0 Å². The number of nitrogens with one attached hydrogen (secondary N) is 1. The highest BCUT2D eigenvalue weighted by Crippen LogP contribution is 2.21. The molecule has 0 unspecified atom stereocenters. The van der Waals surface area contributed by atoms with E-state index in [1.54, 1.807) is 19.1 Å². The van der Waals surface area contributed by atoms with Gasteiger partial charge in [-0.3, -0.25) is 14.2 Å². The second kappa shape index (κ2) is 6.35. The Morgan fingerprint density at radius 3 is 2.52 bits per heavy atom. The van der Waals surface area contributed by atoms with Crippen LogP contribution in [0.5, 0.6) is 5.75 Å². The quantitative estimate of drug-likeness (QED) is 0.883. The van der Waals surface area contributed by atoms with Crippen molar-refractivity contribution in [2.24, 2.45) is 0 Å². The minimum atomic E-state index is -1.29. The first-order valence-electron chi connectivity index (χ1n) is 6.76. The number of amides is 1. The Balaban J connectivity index is 2.69. The van der Waals surface area contributed by atoms with Gasteiger partial charge in [-0.25, -0.2) is 4.79 Å². The number of hydrogen-bond donors (Lipinski definition) is 2. The van der Waals surface area contributed by atoms with Crippen molar-refractivity contribution in [2.75, 3.05) is 14.2 Å². The summed E-state index contributed by atoms with van der Waals surface area (Å²) in [5.74, 6) is -1.31. The van der Waals surface area contributed by atoms with Crippen molar-refractivity contribution in [2.45, 2.75) is 6.92 Å². The number of aryl methyl sites for hydroxylation is 1. The van der Waals surface area contributed by atoms with E-state index in [4.69, 9.17) is 4.74 Å². The minimum Gasteiger partial charge on any atom is -0.496 e. The maximum absolute atomic E-state index is 12.4. The van der Waals surface area contributed by atoms with E-state index in [9.17, 15) is 19.5 Å². The third-order valence-electron chi connectivity index (χ3n) is 3.45. The molecule has 0 atom stereocenters. The fraction of sp³-hybridized carbons (Fsp3) is 0.188. The smallest absolute Gasteiger partial charge is 0.341 e. The van der Waals surface area contributed by atoms with E-state index in [0.717, 1.165) is 0 Å². The van der Waals surface area contributed by atoms with Gasteiger partial charge in [-0.1, -0.05) is 0 Å². The topological polar surface area (TPSA) is 97.6 Å². The summed E-state index contributed by atoms with van der Waals surface area (Å²) in [4.78, 5) is 35.6. The number of methoxy groups -OCH3 is 1. The largest absolute Gasteiger partial charge is 0.496 e. The van der Waals surface area contributed by atoms with Crippen LogP contribution >= 0.6 is 0 Å². The summed E-state index contributed by atoms with van der Waals surface area (Å²) in [5, 5.41) is 11.7. The lowest BCUT2D eigenvalue weighted by atomic mass is 10.1. The molecule has 1 heterocycles. The van der Waals surface area contributed by atoms with Gasteiger partial charge < -0.3 is 15.2 Å². The van der Waals surface area contributed by atoms with E-state index >= 15 is 0 Å². The van der Waals surface area contributed by atoms with Gasteiger partial charge in [-0.15, -0.1) is 0 Å². The molecule has 1 aromatic heterocycles. The molecule has 0 bridgehead atoms. The molecule has 7 nitrogen and oxygen atoms in total. The standard InChI is InChI=1S/C16H16N2O5/c1-9-6-7-18(15(20)13(9)16(21)22)10-4-5-12(23-3)11(8-10)14(19)17-2/h4-8H,1-3H3,(H,17,19)(H,21,22). The number of hydrogen-bond acceptors (Lipinski definition) is 4. The Labute approximate surface area is 132 Å². The second-order valence-corrected chi connectivity index (χ2v) is 4.82. The predicted molar refractivity (Wildman–Crippen MR) is 83.7 cm³/mol. The van der Waals surface area contributed by atoms with Gasteiger partial charge in [0.15, 0.2) is 0 Å². The van der Waals surface area contributed by atoms with Crippen molar-refractivity contribution >= 4 is 11.9 Å². The third kappa shape index (κ3) is 2.94. The van der Waals surface area contributed by atoms with Crippen molar-refractivity contribution in [3.8, 4) is 11.4 Å². The molecule has 2 aromatic rings. The SMILES string of the molecule is CNC(=O)c1cc(-n2ccc(C)c(C(=O)O)c2=O)ccc1OC. The van der Waals surface area contributed by atoms with E-state index in [1.165, 1.54) is 37.1 Å². The maximum atomic E-state index is 12.4. The van der Waals surface area contributed by atoms with E-state index in [1.807, 2.05) is 0 Å². The van der Waals surface area contributed by atoms with Gasteiger partial charge in [0.1, 0.15) is 11.3 Å². The molecule has 2 N–H and O–H groups in total. The second-order valence-electron chi connectivity index (χ2n) is 4.82. The molecule has 0 aliphatic heterocycles. The zero-order valence-electron chi connectivity index (χ0n) is 12.9. The summed E-state index contributed by atoms with van der Waals surface area (Å²) in [6.45, 7) is 1.55. The number of rotatable bonds is 4. The predicted octanol–water partition coefficient (Wildman–Crippen LogP) is 1.21. The van der Waals surface area contributed by atoms with Crippen LogP contribution in [0.2, 0.25) is 0 Å². The summed E-state index contributed by atoms with van der Waals surface area (Å²) < 4.78 is 6.31. The average Bonchev–Trinajstić information content (AvgIpc) is 2.53. The molecule has 23 heavy (non-hydrogen) atoms. The molecule has 120 valence electrons. The van der Waals surface area contributed by atoms with Gasteiger partial charge in [0.2, 0.25) is 0 Å². The molecule has 1 aromatic carbocycles. The summed E-state index contributed by atoms with van der Waals surface area (Å²) in [6.07, 6.45) is 1.47.